The summed E-state index contributed by atoms with van der Waals surface area (Å²) in [6.07, 6.45) is 0. The number of nitrogens with two attached hydrogens (primary N) is 1. The lowest BCUT2D eigenvalue weighted by Gasteiger charge is -2.11. The quantitative estimate of drug-likeness (QED) is 0.800. The lowest BCUT2D eigenvalue weighted by Crippen LogP contribution is -2.10. The summed E-state index contributed by atoms with van der Waals surface area (Å²) in [5, 5.41) is 9.50. The number of hydrogen-bond donors (Lipinski definition) is 1. The summed E-state index contributed by atoms with van der Waals surface area (Å²) in [4.78, 5) is 15.8. The fraction of sp³-hybridized carbons (Fsp3) is 0.0500. The monoisotopic (exact) mass is 313 g/mol. The lowest BCUT2D eigenvalue weighted by atomic mass is 9.96. The zero-order valence-corrected chi connectivity index (χ0v) is 13.2. The van der Waals surface area contributed by atoms with E-state index in [1.54, 1.807) is 24.3 Å². The van der Waals surface area contributed by atoms with Crippen LogP contribution in [0.15, 0.2) is 60.7 Å². The number of amides is 1. The summed E-state index contributed by atoms with van der Waals surface area (Å²) in [5.74, 6) is -0.474. The van der Waals surface area contributed by atoms with Gasteiger partial charge in [0.05, 0.1) is 17.0 Å². The first-order chi connectivity index (χ1) is 11.6. The average Bonchev–Trinajstić information content (AvgIpc) is 2.62. The minimum atomic E-state index is -0.474. The van der Waals surface area contributed by atoms with E-state index in [1.807, 2.05) is 43.3 Å². The Bertz CT molecular complexity index is 939. The number of hydrogen-bond acceptors (Lipinski definition) is 3. The van der Waals surface area contributed by atoms with Crippen molar-refractivity contribution in [3.63, 3.8) is 0 Å². The molecule has 3 aromatic rings. The number of pyridine rings is 1. The Morgan fingerprint density at radius 3 is 2.29 bits per heavy atom. The van der Waals surface area contributed by atoms with Gasteiger partial charge in [0.25, 0.3) is 0 Å². The van der Waals surface area contributed by atoms with Gasteiger partial charge in [0.15, 0.2) is 0 Å². The van der Waals surface area contributed by atoms with E-state index in [4.69, 9.17) is 5.73 Å². The van der Waals surface area contributed by atoms with Crippen molar-refractivity contribution in [1.29, 1.82) is 5.26 Å². The van der Waals surface area contributed by atoms with Gasteiger partial charge >= 0.3 is 0 Å². The summed E-state index contributed by atoms with van der Waals surface area (Å²) in [6.45, 7) is 1.83. The van der Waals surface area contributed by atoms with E-state index in [0.717, 1.165) is 22.4 Å². The van der Waals surface area contributed by atoms with Crippen molar-refractivity contribution < 1.29 is 4.79 Å². The molecule has 0 aliphatic carbocycles. The molecule has 0 radical (unpaired) electrons. The number of carbonyl (C=O) groups excluding carboxylic acids is 1. The first kappa shape index (κ1) is 15.4. The topological polar surface area (TPSA) is 79.8 Å². The van der Waals surface area contributed by atoms with Crippen LogP contribution in [0, 0.1) is 18.3 Å². The molecule has 0 bridgehead atoms. The number of aryl methyl sites for hydroxylation is 1. The highest BCUT2D eigenvalue weighted by Gasteiger charge is 2.13. The van der Waals surface area contributed by atoms with Gasteiger partial charge in [-0.25, -0.2) is 0 Å². The van der Waals surface area contributed by atoms with Crippen LogP contribution in [0.4, 0.5) is 0 Å². The summed E-state index contributed by atoms with van der Waals surface area (Å²) in [7, 11) is 0. The Kier molecular flexibility index (Phi) is 4.09. The second-order valence-electron chi connectivity index (χ2n) is 5.43. The largest absolute Gasteiger partial charge is 0.366 e. The molecule has 1 amide bonds. The van der Waals surface area contributed by atoms with Crippen molar-refractivity contribution in [1.82, 2.24) is 4.98 Å². The molecule has 0 fully saturated rings. The first-order valence-corrected chi connectivity index (χ1v) is 7.47. The summed E-state index contributed by atoms with van der Waals surface area (Å²) >= 11 is 0. The normalized spacial score (nSPS) is 10.2. The van der Waals surface area contributed by atoms with Gasteiger partial charge in [-0.15, -0.1) is 0 Å². The van der Waals surface area contributed by atoms with Crippen molar-refractivity contribution in [2.24, 2.45) is 5.73 Å². The highest BCUT2D eigenvalue weighted by atomic mass is 16.1. The smallest absolute Gasteiger partial charge is 0.248 e. The molecule has 0 atom stereocenters. The van der Waals surface area contributed by atoms with E-state index in [2.05, 4.69) is 11.1 Å². The van der Waals surface area contributed by atoms with Crippen molar-refractivity contribution in [3.8, 4) is 28.5 Å². The van der Waals surface area contributed by atoms with Gasteiger partial charge in [0.1, 0.15) is 6.07 Å². The minimum absolute atomic E-state index is 0.436. The van der Waals surface area contributed by atoms with Crippen LogP contribution in [-0.2, 0) is 0 Å². The molecule has 4 heteroatoms. The standard InChI is InChI=1S/C20H15N3O/c1-13-18(12-21)17(14-7-9-16(10-8-14)20(22)24)11-19(23-13)15-5-3-2-4-6-15/h2-11H,1H3,(H2,22,24). The molecule has 0 unspecified atom stereocenters. The third-order valence-electron chi connectivity index (χ3n) is 3.86. The molecule has 4 nitrogen and oxygen atoms in total. The Balaban J connectivity index is 2.17. The van der Waals surface area contributed by atoms with Crippen molar-refractivity contribution in [3.05, 3.63) is 77.5 Å². The van der Waals surface area contributed by atoms with E-state index in [-0.39, 0.29) is 0 Å². The van der Waals surface area contributed by atoms with Crippen LogP contribution in [0.2, 0.25) is 0 Å². The molecule has 3 rings (SSSR count). The van der Waals surface area contributed by atoms with Crippen LogP contribution in [0.5, 0.6) is 0 Å². The minimum Gasteiger partial charge on any atom is -0.366 e. The number of carbonyl (C=O) groups is 1. The summed E-state index contributed by atoms with van der Waals surface area (Å²) < 4.78 is 0. The Labute approximate surface area is 140 Å². The van der Waals surface area contributed by atoms with Gasteiger partial charge in [-0.05, 0) is 30.7 Å². The maximum absolute atomic E-state index is 11.2. The molecule has 24 heavy (non-hydrogen) atoms. The molecule has 1 aromatic heterocycles. The maximum Gasteiger partial charge on any atom is 0.248 e. The highest BCUT2D eigenvalue weighted by Crippen LogP contribution is 2.30. The molecule has 0 aliphatic rings. The second-order valence-corrected chi connectivity index (χ2v) is 5.43. The molecule has 0 saturated heterocycles. The van der Waals surface area contributed by atoms with Crippen LogP contribution < -0.4 is 5.73 Å². The molecular weight excluding hydrogens is 298 g/mol. The molecule has 2 aromatic carbocycles. The fourth-order valence-corrected chi connectivity index (χ4v) is 2.61. The van der Waals surface area contributed by atoms with Crippen LogP contribution in [-0.4, -0.2) is 10.9 Å². The van der Waals surface area contributed by atoms with Crippen molar-refractivity contribution >= 4 is 5.91 Å². The number of primary amides is 1. The van der Waals surface area contributed by atoms with Gasteiger partial charge in [0, 0.05) is 16.7 Å². The van der Waals surface area contributed by atoms with Crippen LogP contribution in [0.1, 0.15) is 21.6 Å². The molecule has 0 spiro atoms. The number of nitrogens with zero attached hydrogens (tertiary/aromatic N) is 2. The number of benzene rings is 2. The van der Waals surface area contributed by atoms with Gasteiger partial charge in [-0.2, -0.15) is 5.26 Å². The van der Waals surface area contributed by atoms with Crippen LogP contribution in [0.25, 0.3) is 22.4 Å². The molecular formula is C20H15N3O. The molecule has 0 saturated carbocycles. The van der Waals surface area contributed by atoms with Crippen LogP contribution in [0.3, 0.4) is 0 Å². The predicted molar refractivity (Wildman–Crippen MR) is 93.1 cm³/mol. The third-order valence-corrected chi connectivity index (χ3v) is 3.86. The Morgan fingerprint density at radius 1 is 1.04 bits per heavy atom. The first-order valence-electron chi connectivity index (χ1n) is 7.47. The van der Waals surface area contributed by atoms with Crippen molar-refractivity contribution in [2.75, 3.05) is 0 Å². The fourth-order valence-electron chi connectivity index (χ4n) is 2.61. The highest BCUT2D eigenvalue weighted by molar-refractivity contribution is 5.93. The van der Waals surface area contributed by atoms with Gasteiger partial charge < -0.3 is 5.73 Å². The lowest BCUT2D eigenvalue weighted by molar-refractivity contribution is 0.100. The average molecular weight is 313 g/mol. The number of aromatic nitrogens is 1. The zero-order chi connectivity index (χ0) is 17.1. The van der Waals surface area contributed by atoms with Crippen molar-refractivity contribution in [2.45, 2.75) is 6.92 Å². The van der Waals surface area contributed by atoms with Gasteiger partial charge in [-0.1, -0.05) is 42.5 Å². The Hall–Kier alpha value is -3.45. The van der Waals surface area contributed by atoms with E-state index < -0.39 is 5.91 Å². The number of rotatable bonds is 3. The van der Waals surface area contributed by atoms with E-state index in [9.17, 15) is 10.1 Å². The Morgan fingerprint density at radius 2 is 1.71 bits per heavy atom. The second kappa shape index (κ2) is 6.35. The molecule has 116 valence electrons. The van der Waals surface area contributed by atoms with E-state index in [0.29, 0.717) is 16.8 Å². The van der Waals surface area contributed by atoms with Crippen LogP contribution >= 0.6 is 0 Å². The third kappa shape index (κ3) is 2.88. The maximum atomic E-state index is 11.2. The van der Waals surface area contributed by atoms with Gasteiger partial charge in [-0.3, -0.25) is 9.78 Å². The van der Waals surface area contributed by atoms with E-state index in [1.165, 1.54) is 0 Å². The van der Waals surface area contributed by atoms with E-state index >= 15 is 0 Å². The SMILES string of the molecule is Cc1nc(-c2ccccc2)cc(-c2ccc(C(N)=O)cc2)c1C#N. The zero-order valence-electron chi connectivity index (χ0n) is 13.2. The predicted octanol–water partition coefficient (Wildman–Crippen LogP) is 3.69. The number of nitriles is 1. The van der Waals surface area contributed by atoms with Gasteiger partial charge in [0.2, 0.25) is 5.91 Å². The summed E-state index contributed by atoms with van der Waals surface area (Å²) in [6, 6.07) is 20.9. The summed E-state index contributed by atoms with van der Waals surface area (Å²) in [5.41, 5.74) is 10.4. The molecule has 2 N–H and O–H groups in total. The molecule has 1 heterocycles. The molecule has 0 aliphatic heterocycles.